The summed E-state index contributed by atoms with van der Waals surface area (Å²) in [7, 11) is 0. The van der Waals surface area contributed by atoms with Crippen LogP contribution in [0.2, 0.25) is 0 Å². The molecule has 0 aliphatic carbocycles. The first-order valence-corrected chi connectivity index (χ1v) is 8.53. The molecule has 1 aliphatic rings. The first-order chi connectivity index (χ1) is 9.55. The molecule has 1 aliphatic heterocycles. The Labute approximate surface area is 127 Å². The highest BCUT2D eigenvalue weighted by atomic mass is 32.1. The quantitative estimate of drug-likeness (QED) is 0.875. The van der Waals surface area contributed by atoms with E-state index in [1.165, 1.54) is 12.8 Å². The average molecular weight is 296 g/mol. The minimum absolute atomic E-state index is 0.152. The first kappa shape index (κ1) is 15.7. The molecule has 114 valence electrons. The Morgan fingerprint density at radius 2 is 2.05 bits per heavy atom. The molecule has 2 N–H and O–H groups in total. The fraction of sp³-hybridized carbons (Fsp3) is 0.800. The minimum Gasteiger partial charge on any atom is -0.346 e. The van der Waals surface area contributed by atoms with Crippen LogP contribution < -0.4 is 10.6 Å². The molecule has 2 rings (SSSR count). The van der Waals surface area contributed by atoms with Crippen LogP contribution in [0.1, 0.15) is 33.6 Å². The smallest absolute Gasteiger partial charge is 0.185 e. The van der Waals surface area contributed by atoms with Crippen LogP contribution in [-0.2, 0) is 0 Å². The Balaban J connectivity index is 1.90. The van der Waals surface area contributed by atoms with Crippen molar-refractivity contribution in [2.45, 2.75) is 39.2 Å². The summed E-state index contributed by atoms with van der Waals surface area (Å²) in [6, 6.07) is 0. The van der Waals surface area contributed by atoms with Crippen LogP contribution in [0.3, 0.4) is 0 Å². The van der Waals surface area contributed by atoms with Crippen LogP contribution in [0.4, 0.5) is 5.13 Å². The number of aromatic nitrogens is 1. The van der Waals surface area contributed by atoms with Gasteiger partial charge in [-0.05, 0) is 25.7 Å². The van der Waals surface area contributed by atoms with E-state index >= 15 is 0 Å². The van der Waals surface area contributed by atoms with E-state index in [9.17, 15) is 0 Å². The summed E-state index contributed by atoms with van der Waals surface area (Å²) in [5.74, 6) is 0.748. The van der Waals surface area contributed by atoms with E-state index in [4.69, 9.17) is 5.73 Å². The molecule has 20 heavy (non-hydrogen) atoms. The van der Waals surface area contributed by atoms with E-state index in [-0.39, 0.29) is 5.54 Å². The van der Waals surface area contributed by atoms with Gasteiger partial charge in [-0.2, -0.15) is 0 Å². The minimum atomic E-state index is 0.152. The third-order valence-electron chi connectivity index (χ3n) is 4.43. The third-order valence-corrected chi connectivity index (χ3v) is 5.27. The Morgan fingerprint density at radius 1 is 1.35 bits per heavy atom. The maximum absolute atomic E-state index is 6.09. The number of rotatable bonds is 6. The molecule has 0 saturated carbocycles. The van der Waals surface area contributed by atoms with E-state index < -0.39 is 0 Å². The summed E-state index contributed by atoms with van der Waals surface area (Å²) in [5, 5.41) is 3.20. The summed E-state index contributed by atoms with van der Waals surface area (Å²) in [6.45, 7) is 12.0. The van der Waals surface area contributed by atoms with Gasteiger partial charge in [-0.15, -0.1) is 11.3 Å². The molecule has 1 saturated heterocycles. The van der Waals surface area contributed by atoms with Crippen LogP contribution >= 0.6 is 11.3 Å². The van der Waals surface area contributed by atoms with Gasteiger partial charge in [0.25, 0.3) is 0 Å². The molecule has 0 aromatic carbocycles. The Kier molecular flexibility index (Phi) is 5.41. The molecule has 1 aromatic rings. The van der Waals surface area contributed by atoms with Gasteiger partial charge in [0.2, 0.25) is 0 Å². The fourth-order valence-electron chi connectivity index (χ4n) is 2.80. The second-order valence-corrected chi connectivity index (χ2v) is 7.30. The lowest BCUT2D eigenvalue weighted by molar-refractivity contribution is 0.0889. The molecule has 1 unspecified atom stereocenters. The lowest BCUT2D eigenvalue weighted by atomic mass is 9.89. The van der Waals surface area contributed by atoms with Gasteiger partial charge in [-0.1, -0.05) is 13.8 Å². The van der Waals surface area contributed by atoms with Gasteiger partial charge in [0.05, 0.1) is 0 Å². The van der Waals surface area contributed by atoms with Gasteiger partial charge in [0.1, 0.15) is 0 Å². The van der Waals surface area contributed by atoms with Gasteiger partial charge >= 0.3 is 0 Å². The first-order valence-electron chi connectivity index (χ1n) is 7.65. The number of piperazine rings is 1. The Morgan fingerprint density at radius 3 is 2.55 bits per heavy atom. The summed E-state index contributed by atoms with van der Waals surface area (Å²) < 4.78 is 0. The molecule has 1 atom stereocenters. The highest BCUT2D eigenvalue weighted by molar-refractivity contribution is 7.13. The maximum atomic E-state index is 6.09. The van der Waals surface area contributed by atoms with E-state index in [0.29, 0.717) is 0 Å². The van der Waals surface area contributed by atoms with Gasteiger partial charge in [-0.3, -0.25) is 4.90 Å². The molecule has 1 aromatic heterocycles. The monoisotopic (exact) mass is 296 g/mol. The number of hydrogen-bond acceptors (Lipinski definition) is 5. The number of nitrogens with zero attached hydrogens (tertiary/aromatic N) is 3. The Hall–Kier alpha value is -0.650. The van der Waals surface area contributed by atoms with E-state index in [1.807, 2.05) is 11.6 Å². The van der Waals surface area contributed by atoms with Crippen LogP contribution in [0.5, 0.6) is 0 Å². The highest BCUT2D eigenvalue weighted by Crippen LogP contribution is 2.26. The van der Waals surface area contributed by atoms with E-state index in [0.717, 1.165) is 43.8 Å². The predicted molar refractivity (Wildman–Crippen MR) is 87.4 cm³/mol. The van der Waals surface area contributed by atoms with Gasteiger partial charge in [0, 0.05) is 49.8 Å². The topological polar surface area (TPSA) is 45.4 Å². The van der Waals surface area contributed by atoms with E-state index in [2.05, 4.69) is 35.6 Å². The number of hydrogen-bond donors (Lipinski definition) is 1. The van der Waals surface area contributed by atoms with Crippen molar-refractivity contribution in [3.63, 3.8) is 0 Å². The molecule has 0 amide bonds. The molecule has 5 heteroatoms. The van der Waals surface area contributed by atoms with Gasteiger partial charge in [-0.25, -0.2) is 4.98 Å². The molecule has 0 radical (unpaired) electrons. The lowest BCUT2D eigenvalue weighted by Gasteiger charge is -2.46. The summed E-state index contributed by atoms with van der Waals surface area (Å²) in [5.41, 5.74) is 6.24. The third kappa shape index (κ3) is 3.71. The number of thiazole rings is 1. The molecular weight excluding hydrogens is 268 g/mol. The summed E-state index contributed by atoms with van der Waals surface area (Å²) in [6.07, 6.45) is 4.33. The van der Waals surface area contributed by atoms with Crippen molar-refractivity contribution < 1.29 is 0 Å². The SMILES string of the molecule is CC(C)CCC(C)(CN)N1CCN(c2nccs2)CC1. The molecule has 1 fully saturated rings. The van der Waals surface area contributed by atoms with Crippen molar-refractivity contribution >= 4 is 16.5 Å². The van der Waals surface area contributed by atoms with Gasteiger partial charge < -0.3 is 10.6 Å². The zero-order valence-corrected chi connectivity index (χ0v) is 13.8. The van der Waals surface area contributed by atoms with Crippen molar-refractivity contribution in [3.05, 3.63) is 11.6 Å². The van der Waals surface area contributed by atoms with Crippen molar-refractivity contribution in [2.75, 3.05) is 37.6 Å². The van der Waals surface area contributed by atoms with Crippen LogP contribution in [-0.4, -0.2) is 48.1 Å². The van der Waals surface area contributed by atoms with Crippen molar-refractivity contribution in [2.24, 2.45) is 11.7 Å². The Bertz CT molecular complexity index is 385. The van der Waals surface area contributed by atoms with E-state index in [1.54, 1.807) is 11.3 Å². The van der Waals surface area contributed by atoms with Crippen LogP contribution in [0, 0.1) is 5.92 Å². The predicted octanol–water partition coefficient (Wildman–Crippen LogP) is 2.42. The van der Waals surface area contributed by atoms with Crippen molar-refractivity contribution in [1.29, 1.82) is 0 Å². The lowest BCUT2D eigenvalue weighted by Crippen LogP contribution is -2.59. The summed E-state index contributed by atoms with van der Waals surface area (Å²) in [4.78, 5) is 9.38. The second kappa shape index (κ2) is 6.87. The molecule has 2 heterocycles. The molecule has 0 bridgehead atoms. The molecular formula is C15H28N4S. The largest absolute Gasteiger partial charge is 0.346 e. The zero-order chi connectivity index (χ0) is 14.6. The van der Waals surface area contributed by atoms with Gasteiger partial charge in [0.15, 0.2) is 5.13 Å². The molecule has 4 nitrogen and oxygen atoms in total. The number of anilines is 1. The molecule has 0 spiro atoms. The van der Waals surface area contributed by atoms with Crippen LogP contribution in [0.15, 0.2) is 11.6 Å². The second-order valence-electron chi connectivity index (χ2n) is 6.42. The summed E-state index contributed by atoms with van der Waals surface area (Å²) >= 11 is 1.73. The maximum Gasteiger partial charge on any atom is 0.185 e. The van der Waals surface area contributed by atoms with Crippen molar-refractivity contribution in [1.82, 2.24) is 9.88 Å². The zero-order valence-electron chi connectivity index (χ0n) is 13.0. The number of nitrogens with two attached hydrogens (primary N) is 1. The highest BCUT2D eigenvalue weighted by Gasteiger charge is 2.33. The standard InChI is InChI=1S/C15H28N4S/c1-13(2)4-5-15(3,12-16)19-9-7-18(8-10-19)14-17-6-11-20-14/h6,11,13H,4-5,7-10,12,16H2,1-3H3. The normalized spacial score (nSPS) is 20.4. The average Bonchev–Trinajstić information content (AvgIpc) is 2.99. The fourth-order valence-corrected chi connectivity index (χ4v) is 3.50. The van der Waals surface area contributed by atoms with Crippen LogP contribution in [0.25, 0.3) is 0 Å². The van der Waals surface area contributed by atoms with Crippen molar-refractivity contribution in [3.8, 4) is 0 Å².